The minimum Gasteiger partial charge on any atom is -0.497 e. The van der Waals surface area contributed by atoms with Gasteiger partial charge in [0.1, 0.15) is 5.75 Å². The fraction of sp³-hybridized carbons (Fsp3) is 0.533. The van der Waals surface area contributed by atoms with E-state index in [0.717, 1.165) is 18.0 Å². The van der Waals surface area contributed by atoms with E-state index in [9.17, 15) is 4.79 Å². The normalized spacial score (nSPS) is 18.4. The molecule has 0 radical (unpaired) electrons. The number of esters is 1. The first kappa shape index (κ1) is 13.7. The Kier molecular flexibility index (Phi) is 4.30. The Labute approximate surface area is 114 Å². The van der Waals surface area contributed by atoms with Crippen LogP contribution in [0.15, 0.2) is 18.2 Å². The van der Waals surface area contributed by atoms with E-state index in [2.05, 4.69) is 18.3 Å². The maximum atomic E-state index is 11.6. The van der Waals surface area contributed by atoms with Crippen LogP contribution in [0.2, 0.25) is 0 Å². The van der Waals surface area contributed by atoms with Gasteiger partial charge in [0.15, 0.2) is 0 Å². The van der Waals surface area contributed by atoms with E-state index >= 15 is 0 Å². The number of hydrogen-bond acceptors (Lipinski definition) is 4. The number of benzene rings is 1. The molecule has 1 N–H and O–H groups in total. The standard InChI is InChI=1S/C15H21NO3/c1-4-19-15(17)7-10(2)13-9-16-14-6-5-11(18-3)8-12(13)14/h5-6,8,10,13,16H,4,7,9H2,1-3H3. The molecule has 19 heavy (non-hydrogen) atoms. The molecule has 104 valence electrons. The Balaban J connectivity index is 2.10. The molecule has 0 fully saturated rings. The molecule has 1 heterocycles. The van der Waals surface area contributed by atoms with E-state index in [0.29, 0.717) is 18.9 Å². The third kappa shape index (κ3) is 3.00. The average Bonchev–Trinajstić information content (AvgIpc) is 2.81. The Hall–Kier alpha value is -1.71. The van der Waals surface area contributed by atoms with Crippen molar-refractivity contribution in [3.63, 3.8) is 0 Å². The third-order valence-corrected chi connectivity index (χ3v) is 3.65. The van der Waals surface area contributed by atoms with Gasteiger partial charge in [0.05, 0.1) is 13.7 Å². The summed E-state index contributed by atoms with van der Waals surface area (Å²) in [5.41, 5.74) is 2.37. The highest BCUT2D eigenvalue weighted by Gasteiger charge is 2.29. The summed E-state index contributed by atoms with van der Waals surface area (Å²) >= 11 is 0. The zero-order valence-electron chi connectivity index (χ0n) is 11.7. The summed E-state index contributed by atoms with van der Waals surface area (Å²) in [4.78, 5) is 11.6. The number of carbonyl (C=O) groups is 1. The molecule has 0 amide bonds. The first-order chi connectivity index (χ1) is 9.15. The lowest BCUT2D eigenvalue weighted by molar-refractivity contribution is -0.144. The van der Waals surface area contributed by atoms with Gasteiger partial charge in [-0.3, -0.25) is 4.79 Å². The van der Waals surface area contributed by atoms with Crippen molar-refractivity contribution in [2.24, 2.45) is 5.92 Å². The van der Waals surface area contributed by atoms with Crippen LogP contribution in [0.1, 0.15) is 31.7 Å². The lowest BCUT2D eigenvalue weighted by Gasteiger charge is -2.18. The monoisotopic (exact) mass is 263 g/mol. The second-order valence-electron chi connectivity index (χ2n) is 4.93. The first-order valence-electron chi connectivity index (χ1n) is 6.73. The van der Waals surface area contributed by atoms with Crippen LogP contribution in [-0.2, 0) is 9.53 Å². The van der Waals surface area contributed by atoms with Gasteiger partial charge in [-0.25, -0.2) is 0 Å². The van der Waals surface area contributed by atoms with Crippen LogP contribution in [0.5, 0.6) is 5.75 Å². The van der Waals surface area contributed by atoms with Gasteiger partial charge in [0.2, 0.25) is 0 Å². The van der Waals surface area contributed by atoms with Gasteiger partial charge in [-0.2, -0.15) is 0 Å². The molecule has 0 aromatic heterocycles. The number of ether oxygens (including phenoxy) is 2. The highest BCUT2D eigenvalue weighted by atomic mass is 16.5. The van der Waals surface area contributed by atoms with Crippen molar-refractivity contribution in [3.05, 3.63) is 23.8 Å². The lowest BCUT2D eigenvalue weighted by Crippen LogP contribution is -2.17. The summed E-state index contributed by atoms with van der Waals surface area (Å²) in [6.45, 7) is 5.24. The maximum Gasteiger partial charge on any atom is 0.306 e. The molecule has 0 spiro atoms. The van der Waals surface area contributed by atoms with Crippen LogP contribution < -0.4 is 10.1 Å². The van der Waals surface area contributed by atoms with Crippen LogP contribution in [0.25, 0.3) is 0 Å². The second kappa shape index (κ2) is 5.95. The molecule has 4 nitrogen and oxygen atoms in total. The molecular weight excluding hydrogens is 242 g/mol. The topological polar surface area (TPSA) is 47.6 Å². The van der Waals surface area contributed by atoms with Crippen molar-refractivity contribution in [2.75, 3.05) is 25.6 Å². The minimum atomic E-state index is -0.119. The van der Waals surface area contributed by atoms with Gasteiger partial charge < -0.3 is 14.8 Å². The number of methoxy groups -OCH3 is 1. The van der Waals surface area contributed by atoms with Crippen molar-refractivity contribution >= 4 is 11.7 Å². The molecule has 2 unspecified atom stereocenters. The largest absolute Gasteiger partial charge is 0.497 e. The molecule has 1 aromatic rings. The van der Waals surface area contributed by atoms with E-state index in [4.69, 9.17) is 9.47 Å². The Morgan fingerprint density at radius 2 is 2.32 bits per heavy atom. The van der Waals surface area contributed by atoms with Gasteiger partial charge in [0.25, 0.3) is 0 Å². The van der Waals surface area contributed by atoms with Crippen molar-refractivity contribution in [1.82, 2.24) is 0 Å². The Morgan fingerprint density at radius 1 is 1.53 bits per heavy atom. The number of rotatable bonds is 5. The number of fused-ring (bicyclic) bond motifs is 1. The number of anilines is 1. The molecule has 4 heteroatoms. The first-order valence-corrected chi connectivity index (χ1v) is 6.73. The SMILES string of the molecule is CCOC(=O)CC(C)C1CNc2ccc(OC)cc21. The molecular formula is C15H21NO3. The fourth-order valence-electron chi connectivity index (χ4n) is 2.60. The van der Waals surface area contributed by atoms with Crippen LogP contribution in [0.3, 0.4) is 0 Å². The van der Waals surface area contributed by atoms with E-state index in [-0.39, 0.29) is 11.9 Å². The summed E-state index contributed by atoms with van der Waals surface area (Å²) in [5, 5.41) is 3.38. The van der Waals surface area contributed by atoms with Gasteiger partial charge >= 0.3 is 5.97 Å². The molecule has 1 aliphatic rings. The highest BCUT2D eigenvalue weighted by molar-refractivity contribution is 5.70. The molecule has 0 aliphatic carbocycles. The molecule has 2 rings (SSSR count). The van der Waals surface area contributed by atoms with E-state index < -0.39 is 0 Å². The maximum absolute atomic E-state index is 11.6. The molecule has 2 atom stereocenters. The Bertz CT molecular complexity index is 459. The van der Waals surface area contributed by atoms with Crippen LogP contribution in [0, 0.1) is 5.92 Å². The highest BCUT2D eigenvalue weighted by Crippen LogP contribution is 2.39. The van der Waals surface area contributed by atoms with Gasteiger partial charge in [-0.15, -0.1) is 0 Å². The third-order valence-electron chi connectivity index (χ3n) is 3.65. The molecule has 1 aliphatic heterocycles. The summed E-state index contributed by atoms with van der Waals surface area (Å²) in [6, 6.07) is 6.04. The lowest BCUT2D eigenvalue weighted by atomic mass is 9.86. The summed E-state index contributed by atoms with van der Waals surface area (Å²) in [7, 11) is 1.67. The van der Waals surface area contributed by atoms with Crippen molar-refractivity contribution < 1.29 is 14.3 Å². The summed E-state index contributed by atoms with van der Waals surface area (Å²) < 4.78 is 10.3. The van der Waals surface area contributed by atoms with Crippen molar-refractivity contribution in [1.29, 1.82) is 0 Å². The fourth-order valence-corrected chi connectivity index (χ4v) is 2.60. The number of hydrogen-bond donors (Lipinski definition) is 1. The van der Waals surface area contributed by atoms with Crippen molar-refractivity contribution in [2.45, 2.75) is 26.2 Å². The minimum absolute atomic E-state index is 0.119. The van der Waals surface area contributed by atoms with Crippen LogP contribution >= 0.6 is 0 Å². The molecule has 0 saturated heterocycles. The van der Waals surface area contributed by atoms with Gasteiger partial charge in [-0.1, -0.05) is 6.92 Å². The number of nitrogens with one attached hydrogen (secondary N) is 1. The van der Waals surface area contributed by atoms with Gasteiger partial charge in [0, 0.05) is 24.6 Å². The smallest absolute Gasteiger partial charge is 0.306 e. The van der Waals surface area contributed by atoms with Crippen LogP contribution in [-0.4, -0.2) is 26.2 Å². The molecule has 0 saturated carbocycles. The van der Waals surface area contributed by atoms with E-state index in [1.165, 1.54) is 5.56 Å². The van der Waals surface area contributed by atoms with Crippen LogP contribution in [0.4, 0.5) is 5.69 Å². The molecule has 0 bridgehead atoms. The Morgan fingerprint density at radius 3 is 3.00 bits per heavy atom. The second-order valence-corrected chi connectivity index (χ2v) is 4.93. The van der Waals surface area contributed by atoms with Crippen molar-refractivity contribution in [3.8, 4) is 5.75 Å². The quantitative estimate of drug-likeness (QED) is 0.830. The van der Waals surface area contributed by atoms with Gasteiger partial charge in [-0.05, 0) is 36.6 Å². The summed E-state index contributed by atoms with van der Waals surface area (Å²) in [5.74, 6) is 1.32. The molecule has 1 aromatic carbocycles. The predicted molar refractivity (Wildman–Crippen MR) is 74.6 cm³/mol. The van der Waals surface area contributed by atoms with E-state index in [1.54, 1.807) is 7.11 Å². The number of carbonyl (C=O) groups excluding carboxylic acids is 1. The zero-order chi connectivity index (χ0) is 13.8. The predicted octanol–water partition coefficient (Wildman–Crippen LogP) is 2.79. The zero-order valence-corrected chi connectivity index (χ0v) is 11.7. The van der Waals surface area contributed by atoms with E-state index in [1.807, 2.05) is 19.1 Å². The average molecular weight is 263 g/mol. The summed E-state index contributed by atoms with van der Waals surface area (Å²) in [6.07, 6.45) is 0.455.